The zero-order valence-electron chi connectivity index (χ0n) is 10.2. The van der Waals surface area contributed by atoms with Gasteiger partial charge in [0.2, 0.25) is 0 Å². The maximum absolute atomic E-state index is 13.6. The lowest BCUT2D eigenvalue weighted by Crippen LogP contribution is -2.06. The molecule has 1 aromatic carbocycles. The number of rotatable bonds is 2. The molecule has 0 aliphatic heterocycles. The first-order valence-corrected chi connectivity index (χ1v) is 5.49. The maximum Gasteiger partial charge on any atom is 0.126 e. The number of hydrogen-bond donors (Lipinski definition) is 1. The van der Waals surface area contributed by atoms with Crippen molar-refractivity contribution in [2.24, 2.45) is 11.1 Å². The first-order chi connectivity index (χ1) is 7.39. The van der Waals surface area contributed by atoms with Crippen LogP contribution in [0, 0.1) is 18.2 Å². The fourth-order valence-electron chi connectivity index (χ4n) is 2.36. The van der Waals surface area contributed by atoms with E-state index in [0.717, 1.165) is 11.3 Å². The molecule has 0 amide bonds. The summed E-state index contributed by atoms with van der Waals surface area (Å²) in [6.45, 7) is 5.93. The predicted molar refractivity (Wildman–Crippen MR) is 62.2 cm³/mol. The summed E-state index contributed by atoms with van der Waals surface area (Å²) < 4.78 is 18.9. The van der Waals surface area contributed by atoms with Crippen LogP contribution in [0.1, 0.15) is 30.9 Å². The van der Waals surface area contributed by atoms with Gasteiger partial charge in [-0.1, -0.05) is 13.8 Å². The monoisotopic (exact) mass is 223 g/mol. The number of hydrogen-bond acceptors (Lipinski definition) is 2. The van der Waals surface area contributed by atoms with Gasteiger partial charge in [-0.15, -0.1) is 0 Å². The molecule has 0 radical (unpaired) electrons. The largest absolute Gasteiger partial charge is 0.496 e. The summed E-state index contributed by atoms with van der Waals surface area (Å²) in [4.78, 5) is 0. The lowest BCUT2D eigenvalue weighted by Gasteiger charge is -2.11. The van der Waals surface area contributed by atoms with Crippen LogP contribution >= 0.6 is 0 Å². The van der Waals surface area contributed by atoms with Crippen molar-refractivity contribution in [3.63, 3.8) is 0 Å². The normalized spacial score (nSPS) is 26.6. The van der Waals surface area contributed by atoms with Crippen molar-refractivity contribution in [3.05, 3.63) is 29.1 Å². The summed E-state index contributed by atoms with van der Waals surface area (Å²) in [6.07, 6.45) is 0. The molecule has 3 heteroatoms. The number of ether oxygens (including phenoxy) is 1. The van der Waals surface area contributed by atoms with Crippen molar-refractivity contribution >= 4 is 0 Å². The van der Waals surface area contributed by atoms with Gasteiger partial charge in [-0.3, -0.25) is 0 Å². The molecular weight excluding hydrogens is 205 g/mol. The van der Waals surface area contributed by atoms with Gasteiger partial charge in [0, 0.05) is 17.5 Å². The Bertz CT molecular complexity index is 428. The highest BCUT2D eigenvalue weighted by atomic mass is 19.1. The predicted octanol–water partition coefficient (Wildman–Crippen LogP) is 2.59. The average Bonchev–Trinajstić information content (AvgIpc) is 2.70. The summed E-state index contributed by atoms with van der Waals surface area (Å²) >= 11 is 0. The summed E-state index contributed by atoms with van der Waals surface area (Å²) in [5, 5.41) is 0. The standard InChI is InChI=1S/C13H18FNO/c1-7-5-10(16-4)8(6-9(7)14)11-12(15)13(11,2)3/h5-6,11-12H,15H2,1-4H3/t11-,12-/m1/s1. The Morgan fingerprint density at radius 1 is 1.38 bits per heavy atom. The Kier molecular flexibility index (Phi) is 2.46. The fourth-order valence-corrected chi connectivity index (χ4v) is 2.36. The molecule has 16 heavy (non-hydrogen) atoms. The molecule has 2 nitrogen and oxygen atoms in total. The van der Waals surface area contributed by atoms with E-state index in [0.29, 0.717) is 5.56 Å². The van der Waals surface area contributed by atoms with Gasteiger partial charge in [-0.05, 0) is 30.0 Å². The van der Waals surface area contributed by atoms with Crippen LogP contribution in [0.3, 0.4) is 0 Å². The third-order valence-corrected chi connectivity index (χ3v) is 3.76. The van der Waals surface area contributed by atoms with Crippen molar-refractivity contribution in [2.75, 3.05) is 7.11 Å². The molecule has 0 spiro atoms. The van der Waals surface area contributed by atoms with Crippen LogP contribution in [-0.2, 0) is 0 Å². The van der Waals surface area contributed by atoms with Crippen molar-refractivity contribution in [2.45, 2.75) is 32.7 Å². The van der Waals surface area contributed by atoms with Gasteiger partial charge in [0.05, 0.1) is 7.11 Å². The first-order valence-electron chi connectivity index (χ1n) is 5.49. The third-order valence-electron chi connectivity index (χ3n) is 3.76. The lowest BCUT2D eigenvalue weighted by atomic mass is 10.0. The van der Waals surface area contributed by atoms with Crippen LogP contribution in [0.4, 0.5) is 4.39 Å². The highest BCUT2D eigenvalue weighted by Crippen LogP contribution is 2.59. The van der Waals surface area contributed by atoms with Crippen LogP contribution in [0.2, 0.25) is 0 Å². The molecule has 1 aromatic rings. The molecule has 1 aliphatic carbocycles. The molecule has 2 N–H and O–H groups in total. The number of aryl methyl sites for hydroxylation is 1. The van der Waals surface area contributed by atoms with Gasteiger partial charge in [0.15, 0.2) is 0 Å². The summed E-state index contributed by atoms with van der Waals surface area (Å²) in [5.74, 6) is 0.744. The van der Waals surface area contributed by atoms with Crippen molar-refractivity contribution in [1.82, 2.24) is 0 Å². The first kappa shape index (κ1) is 11.4. The molecule has 2 rings (SSSR count). The Morgan fingerprint density at radius 3 is 2.38 bits per heavy atom. The van der Waals surface area contributed by atoms with Gasteiger partial charge in [0.1, 0.15) is 11.6 Å². The van der Waals surface area contributed by atoms with Crippen LogP contribution in [-0.4, -0.2) is 13.2 Å². The summed E-state index contributed by atoms with van der Waals surface area (Å²) in [6, 6.07) is 3.39. The van der Waals surface area contributed by atoms with E-state index in [4.69, 9.17) is 10.5 Å². The number of methoxy groups -OCH3 is 1. The highest BCUT2D eigenvalue weighted by molar-refractivity contribution is 5.46. The zero-order chi connectivity index (χ0) is 12.1. The highest BCUT2D eigenvalue weighted by Gasteiger charge is 2.57. The van der Waals surface area contributed by atoms with Crippen LogP contribution in [0.25, 0.3) is 0 Å². The minimum atomic E-state index is -0.189. The smallest absolute Gasteiger partial charge is 0.126 e. The SMILES string of the molecule is COc1cc(C)c(F)cc1[C@@H]1[C@@H](N)C1(C)C. The van der Waals surface area contributed by atoms with E-state index >= 15 is 0 Å². The maximum atomic E-state index is 13.6. The fraction of sp³-hybridized carbons (Fsp3) is 0.538. The van der Waals surface area contributed by atoms with Crippen molar-refractivity contribution < 1.29 is 9.13 Å². The van der Waals surface area contributed by atoms with E-state index in [9.17, 15) is 4.39 Å². The van der Waals surface area contributed by atoms with Gasteiger partial charge >= 0.3 is 0 Å². The van der Waals surface area contributed by atoms with Crippen molar-refractivity contribution in [3.8, 4) is 5.75 Å². The summed E-state index contributed by atoms with van der Waals surface area (Å²) in [5.41, 5.74) is 7.54. The molecule has 0 heterocycles. The van der Waals surface area contributed by atoms with Crippen molar-refractivity contribution in [1.29, 1.82) is 0 Å². The average molecular weight is 223 g/mol. The molecule has 0 unspecified atom stereocenters. The molecule has 1 saturated carbocycles. The Balaban J connectivity index is 2.46. The van der Waals surface area contributed by atoms with Crippen LogP contribution in [0.15, 0.2) is 12.1 Å². The zero-order valence-corrected chi connectivity index (χ0v) is 10.2. The number of nitrogens with two attached hydrogens (primary N) is 1. The quantitative estimate of drug-likeness (QED) is 0.836. The summed E-state index contributed by atoms with van der Waals surface area (Å²) in [7, 11) is 1.61. The Morgan fingerprint density at radius 2 is 1.94 bits per heavy atom. The Hall–Kier alpha value is -1.09. The molecule has 2 atom stereocenters. The molecule has 0 bridgehead atoms. The van der Waals surface area contributed by atoms with Crippen LogP contribution < -0.4 is 10.5 Å². The third kappa shape index (κ3) is 1.50. The number of halogens is 1. The van der Waals surface area contributed by atoms with E-state index in [1.807, 2.05) is 0 Å². The Labute approximate surface area is 95.6 Å². The van der Waals surface area contributed by atoms with Gasteiger partial charge in [-0.25, -0.2) is 4.39 Å². The molecule has 0 aromatic heterocycles. The van der Waals surface area contributed by atoms with Crippen LogP contribution in [0.5, 0.6) is 5.75 Å². The second-order valence-corrected chi connectivity index (χ2v) is 5.17. The second kappa shape index (κ2) is 3.45. The van der Waals surface area contributed by atoms with E-state index in [1.54, 1.807) is 26.2 Å². The van der Waals surface area contributed by atoms with Gasteiger partial charge < -0.3 is 10.5 Å². The second-order valence-electron chi connectivity index (χ2n) is 5.17. The number of benzene rings is 1. The van der Waals surface area contributed by atoms with Gasteiger partial charge in [-0.2, -0.15) is 0 Å². The lowest BCUT2D eigenvalue weighted by molar-refractivity contribution is 0.405. The van der Waals surface area contributed by atoms with E-state index in [2.05, 4.69) is 13.8 Å². The molecular formula is C13H18FNO. The minimum absolute atomic E-state index is 0.0367. The molecule has 88 valence electrons. The van der Waals surface area contributed by atoms with E-state index in [-0.39, 0.29) is 23.2 Å². The van der Waals surface area contributed by atoms with E-state index < -0.39 is 0 Å². The molecule has 1 aliphatic rings. The topological polar surface area (TPSA) is 35.2 Å². The molecule has 1 fully saturated rings. The minimum Gasteiger partial charge on any atom is -0.496 e. The van der Waals surface area contributed by atoms with E-state index in [1.165, 1.54) is 0 Å². The molecule has 0 saturated heterocycles. The van der Waals surface area contributed by atoms with Gasteiger partial charge in [0.25, 0.3) is 0 Å².